The maximum Gasteiger partial charge on any atom is 0.472 e. The second-order valence-corrected chi connectivity index (χ2v) is 29.7. The number of aliphatic hydroxyl groups is 1. The van der Waals surface area contributed by atoms with Gasteiger partial charge in [-0.25, -0.2) is 9.13 Å². The van der Waals surface area contributed by atoms with Gasteiger partial charge in [0.25, 0.3) is 0 Å². The predicted octanol–water partition coefficient (Wildman–Crippen LogP) is 21.3. The number of hydrogen-bond donors (Lipinski definition) is 3. The van der Waals surface area contributed by atoms with Gasteiger partial charge in [0, 0.05) is 25.7 Å². The molecular formula is C73H142O17P2. The van der Waals surface area contributed by atoms with Gasteiger partial charge in [0.1, 0.15) is 19.3 Å². The molecule has 19 heteroatoms. The Labute approximate surface area is 562 Å². The van der Waals surface area contributed by atoms with Gasteiger partial charge in [-0.3, -0.25) is 37.3 Å². The highest BCUT2D eigenvalue weighted by molar-refractivity contribution is 7.47. The summed E-state index contributed by atoms with van der Waals surface area (Å²) in [5.41, 5.74) is 0. The molecule has 0 aliphatic carbocycles. The fourth-order valence-corrected chi connectivity index (χ4v) is 12.8. The van der Waals surface area contributed by atoms with Gasteiger partial charge in [-0.1, -0.05) is 330 Å². The monoisotopic (exact) mass is 1350 g/mol. The zero-order chi connectivity index (χ0) is 67.7. The largest absolute Gasteiger partial charge is 0.472 e. The van der Waals surface area contributed by atoms with E-state index in [1.807, 2.05) is 0 Å². The number of aliphatic hydroxyl groups excluding tert-OH is 1. The molecule has 0 aliphatic rings. The summed E-state index contributed by atoms with van der Waals surface area (Å²) in [4.78, 5) is 72.4. The average Bonchev–Trinajstić information content (AvgIpc) is 3.15. The van der Waals surface area contributed by atoms with Crippen molar-refractivity contribution in [2.45, 2.75) is 400 Å². The molecular weight excluding hydrogens is 1210 g/mol. The minimum absolute atomic E-state index is 0.105. The van der Waals surface area contributed by atoms with Crippen molar-refractivity contribution < 1.29 is 80.2 Å². The summed E-state index contributed by atoms with van der Waals surface area (Å²) in [5.74, 6) is -1.38. The topological polar surface area (TPSA) is 237 Å². The number of carbonyl (C=O) groups is 4. The molecule has 0 saturated carbocycles. The fourth-order valence-electron chi connectivity index (χ4n) is 11.2. The first-order valence-electron chi connectivity index (χ1n) is 38.1. The zero-order valence-corrected chi connectivity index (χ0v) is 61.5. The summed E-state index contributed by atoms with van der Waals surface area (Å²) in [7, 11) is -9.89. The van der Waals surface area contributed by atoms with Gasteiger partial charge in [0.05, 0.1) is 26.4 Å². The van der Waals surface area contributed by atoms with Crippen LogP contribution in [-0.2, 0) is 65.4 Å². The summed E-state index contributed by atoms with van der Waals surface area (Å²) < 4.78 is 68.2. The lowest BCUT2D eigenvalue weighted by Crippen LogP contribution is -2.30. The van der Waals surface area contributed by atoms with Crippen molar-refractivity contribution in [3.8, 4) is 0 Å². The highest BCUT2D eigenvalue weighted by Crippen LogP contribution is 2.45. The molecule has 0 aromatic carbocycles. The third-order valence-electron chi connectivity index (χ3n) is 17.0. The Morgan fingerprint density at radius 3 is 0.739 bits per heavy atom. The second kappa shape index (κ2) is 66.3. The number of ether oxygens (including phenoxy) is 4. The Morgan fingerprint density at radius 2 is 0.500 bits per heavy atom. The number of rotatable bonds is 73. The van der Waals surface area contributed by atoms with Crippen LogP contribution in [0, 0.1) is 5.92 Å². The normalized spacial score (nSPS) is 14.0. The van der Waals surface area contributed by atoms with E-state index in [1.165, 1.54) is 199 Å². The lowest BCUT2D eigenvalue weighted by molar-refractivity contribution is -0.161. The zero-order valence-electron chi connectivity index (χ0n) is 59.7. The smallest absolute Gasteiger partial charge is 0.462 e. The Hall–Kier alpha value is -1.94. The average molecular weight is 1350 g/mol. The highest BCUT2D eigenvalue weighted by Gasteiger charge is 2.30. The molecule has 0 fully saturated rings. The van der Waals surface area contributed by atoms with Gasteiger partial charge in [-0.05, 0) is 31.6 Å². The molecule has 0 spiro atoms. The van der Waals surface area contributed by atoms with Crippen LogP contribution in [0.2, 0.25) is 0 Å². The first kappa shape index (κ1) is 90.1. The van der Waals surface area contributed by atoms with E-state index in [-0.39, 0.29) is 25.7 Å². The molecule has 0 rings (SSSR count). The van der Waals surface area contributed by atoms with E-state index in [0.29, 0.717) is 25.7 Å². The Morgan fingerprint density at radius 1 is 0.293 bits per heavy atom. The predicted molar refractivity (Wildman–Crippen MR) is 372 cm³/mol. The van der Waals surface area contributed by atoms with Crippen molar-refractivity contribution in [1.82, 2.24) is 0 Å². The number of carbonyl (C=O) groups excluding carboxylic acids is 4. The summed E-state index contributed by atoms with van der Waals surface area (Å²) in [5, 5.41) is 10.6. The molecule has 2 unspecified atom stereocenters. The summed E-state index contributed by atoms with van der Waals surface area (Å²) in [6, 6.07) is 0. The van der Waals surface area contributed by atoms with Crippen molar-refractivity contribution in [3.05, 3.63) is 0 Å². The number of phosphoric acid groups is 2. The molecule has 0 radical (unpaired) electrons. The molecule has 546 valence electrons. The lowest BCUT2D eigenvalue weighted by Gasteiger charge is -2.21. The second-order valence-electron chi connectivity index (χ2n) is 26.8. The highest BCUT2D eigenvalue weighted by atomic mass is 31.2. The summed E-state index contributed by atoms with van der Waals surface area (Å²) in [6.07, 6.45) is 54.6. The molecule has 3 N–H and O–H groups in total. The van der Waals surface area contributed by atoms with Crippen LogP contribution >= 0.6 is 15.6 Å². The Balaban J connectivity index is 5.13. The Kier molecular flexibility index (Phi) is 64.9. The number of phosphoric ester groups is 2. The standard InChI is InChI=1S/C73H142O17P2/c1-6-9-12-15-17-19-21-23-25-26-27-28-29-30-32-34-39-43-48-53-58-73(78)90-69(63-84-71(76)57-52-47-42-38-33-31-24-22-20-18-16-13-10-7-2)65-88-92(81,82)86-61-67(74)60-85-91(79,80)87-64-68(62-83-70(75)56-51-45-14-11-8-3)89-72(77)59-54-49-44-40-36-35-37-41-46-50-55-66(4)5/h66-69,74H,6-65H2,1-5H3,(H,79,80)(H,81,82)/t67-,68+,69+/m0/s1. The van der Waals surface area contributed by atoms with Gasteiger partial charge in [0.2, 0.25) is 0 Å². The van der Waals surface area contributed by atoms with Crippen LogP contribution in [0.15, 0.2) is 0 Å². The van der Waals surface area contributed by atoms with E-state index in [2.05, 4.69) is 34.6 Å². The SMILES string of the molecule is CCCCCCCCCCCCCCCCCCCCCCC(=O)O[C@H](COC(=O)CCCCCCCCCCCCCCCC)COP(=O)(O)OC[C@@H](O)COP(=O)(O)OC[C@@H](COC(=O)CCCCCCC)OC(=O)CCCCCCCCCCCCC(C)C. The van der Waals surface area contributed by atoms with E-state index in [0.717, 1.165) is 102 Å². The molecule has 0 aromatic heterocycles. The van der Waals surface area contributed by atoms with Crippen LogP contribution < -0.4 is 0 Å². The molecule has 0 saturated heterocycles. The third-order valence-corrected chi connectivity index (χ3v) is 18.9. The van der Waals surface area contributed by atoms with Gasteiger partial charge < -0.3 is 33.8 Å². The molecule has 0 aliphatic heterocycles. The minimum Gasteiger partial charge on any atom is -0.462 e. The molecule has 0 bridgehead atoms. The van der Waals surface area contributed by atoms with Gasteiger partial charge >= 0.3 is 39.5 Å². The summed E-state index contributed by atoms with van der Waals surface area (Å²) in [6.45, 7) is 7.17. The van der Waals surface area contributed by atoms with Crippen molar-refractivity contribution in [2.24, 2.45) is 5.92 Å². The number of unbranched alkanes of at least 4 members (excludes halogenated alkanes) is 45. The van der Waals surface area contributed by atoms with Crippen LogP contribution in [0.1, 0.15) is 381 Å². The van der Waals surface area contributed by atoms with Crippen LogP contribution in [-0.4, -0.2) is 96.7 Å². The minimum atomic E-state index is -4.95. The third kappa shape index (κ3) is 66.7. The van der Waals surface area contributed by atoms with E-state index < -0.39 is 97.5 Å². The van der Waals surface area contributed by atoms with Crippen LogP contribution in [0.3, 0.4) is 0 Å². The van der Waals surface area contributed by atoms with Gasteiger partial charge in [-0.2, -0.15) is 0 Å². The maximum absolute atomic E-state index is 13.0. The van der Waals surface area contributed by atoms with Gasteiger partial charge in [-0.15, -0.1) is 0 Å². The van der Waals surface area contributed by atoms with Crippen LogP contribution in [0.25, 0.3) is 0 Å². The van der Waals surface area contributed by atoms with Crippen molar-refractivity contribution in [1.29, 1.82) is 0 Å². The first-order valence-corrected chi connectivity index (χ1v) is 41.1. The number of hydrogen-bond acceptors (Lipinski definition) is 15. The lowest BCUT2D eigenvalue weighted by atomic mass is 10.0. The van der Waals surface area contributed by atoms with Gasteiger partial charge in [0.15, 0.2) is 12.2 Å². The fraction of sp³-hybridized carbons (Fsp3) is 0.945. The summed E-state index contributed by atoms with van der Waals surface area (Å²) >= 11 is 0. The molecule has 0 heterocycles. The van der Waals surface area contributed by atoms with E-state index in [1.54, 1.807) is 0 Å². The quantitative estimate of drug-likeness (QED) is 0.0222. The van der Waals surface area contributed by atoms with Crippen molar-refractivity contribution >= 4 is 39.5 Å². The van der Waals surface area contributed by atoms with Crippen molar-refractivity contribution in [2.75, 3.05) is 39.6 Å². The molecule has 17 nitrogen and oxygen atoms in total. The molecule has 0 amide bonds. The Bertz CT molecular complexity index is 1770. The number of esters is 4. The van der Waals surface area contributed by atoms with E-state index >= 15 is 0 Å². The van der Waals surface area contributed by atoms with Crippen LogP contribution in [0.4, 0.5) is 0 Å². The maximum atomic E-state index is 13.0. The molecule has 0 aromatic rings. The first-order chi connectivity index (χ1) is 44.5. The molecule has 5 atom stereocenters. The van der Waals surface area contributed by atoms with E-state index in [9.17, 15) is 43.2 Å². The van der Waals surface area contributed by atoms with Crippen molar-refractivity contribution in [3.63, 3.8) is 0 Å². The molecule has 92 heavy (non-hydrogen) atoms. The van der Waals surface area contributed by atoms with E-state index in [4.69, 9.17) is 37.0 Å². The van der Waals surface area contributed by atoms with Crippen LogP contribution in [0.5, 0.6) is 0 Å².